The van der Waals surface area contributed by atoms with Gasteiger partial charge in [-0.1, -0.05) is 30.3 Å². The van der Waals surface area contributed by atoms with Gasteiger partial charge in [-0.3, -0.25) is 0 Å². The Bertz CT molecular complexity index is 723. The van der Waals surface area contributed by atoms with Crippen molar-refractivity contribution in [3.63, 3.8) is 0 Å². The van der Waals surface area contributed by atoms with E-state index in [2.05, 4.69) is 10.2 Å². The van der Waals surface area contributed by atoms with E-state index in [1.165, 1.54) is 13.3 Å². The van der Waals surface area contributed by atoms with Gasteiger partial charge in [0.2, 0.25) is 12.1 Å². The molecule has 0 saturated heterocycles. The molecule has 24 heavy (non-hydrogen) atoms. The van der Waals surface area contributed by atoms with E-state index < -0.39 is 12.1 Å². The van der Waals surface area contributed by atoms with E-state index in [0.717, 1.165) is 5.56 Å². The lowest BCUT2D eigenvalue weighted by Gasteiger charge is -2.17. The zero-order valence-corrected chi connectivity index (χ0v) is 13.1. The summed E-state index contributed by atoms with van der Waals surface area (Å²) in [5.41, 5.74) is 11.9. The van der Waals surface area contributed by atoms with Crippen molar-refractivity contribution in [2.24, 2.45) is 21.7 Å². The first-order chi connectivity index (χ1) is 11.6. The second-order valence-corrected chi connectivity index (χ2v) is 4.77. The van der Waals surface area contributed by atoms with Crippen LogP contribution in [0, 0.1) is 0 Å². The van der Waals surface area contributed by atoms with Gasteiger partial charge >= 0.3 is 5.97 Å². The minimum Gasteiger partial charge on any atom is -0.474 e. The topological polar surface area (TPSA) is 112 Å². The van der Waals surface area contributed by atoms with Crippen LogP contribution in [0.5, 0.6) is 5.75 Å². The number of ether oxygens (including phenoxy) is 2. The quantitative estimate of drug-likeness (QED) is 0.362. The molecule has 0 aliphatic heterocycles. The lowest BCUT2D eigenvalue weighted by atomic mass is 10.1. The molecular weight excluding hydrogens is 308 g/mol. The number of nitrogens with zero attached hydrogens (tertiary/aromatic N) is 2. The van der Waals surface area contributed by atoms with Crippen LogP contribution in [0.15, 0.2) is 64.8 Å². The number of esters is 1. The Labute approximate surface area is 139 Å². The summed E-state index contributed by atoms with van der Waals surface area (Å²) in [7, 11) is 1.32. The molecule has 7 heteroatoms. The fraction of sp³-hybridized carbons (Fsp3) is 0.118. The van der Waals surface area contributed by atoms with Crippen molar-refractivity contribution < 1.29 is 14.3 Å². The highest BCUT2D eigenvalue weighted by molar-refractivity contribution is 5.81. The molecule has 0 amide bonds. The zero-order valence-electron chi connectivity index (χ0n) is 13.1. The number of carbonyl (C=O) groups is 1. The van der Waals surface area contributed by atoms with Crippen molar-refractivity contribution in [1.29, 1.82) is 0 Å². The van der Waals surface area contributed by atoms with E-state index in [0.29, 0.717) is 11.3 Å². The van der Waals surface area contributed by atoms with Crippen LogP contribution in [0.3, 0.4) is 0 Å². The molecule has 1 unspecified atom stereocenters. The van der Waals surface area contributed by atoms with Gasteiger partial charge in [-0.05, 0) is 29.8 Å². The SMILES string of the molecule is COC(=O)C(Oc1ccc(C=NN=C(N)N)cc1)c1ccccc1. The van der Waals surface area contributed by atoms with Crippen LogP contribution >= 0.6 is 0 Å². The number of nitrogens with two attached hydrogens (primary N) is 2. The van der Waals surface area contributed by atoms with Gasteiger partial charge in [0.05, 0.1) is 13.3 Å². The Morgan fingerprint density at radius 1 is 1.08 bits per heavy atom. The number of guanidine groups is 1. The molecule has 2 aromatic rings. The second-order valence-electron chi connectivity index (χ2n) is 4.77. The van der Waals surface area contributed by atoms with Crippen molar-refractivity contribution in [2.45, 2.75) is 6.10 Å². The van der Waals surface area contributed by atoms with E-state index in [9.17, 15) is 4.79 Å². The second kappa shape index (κ2) is 8.33. The molecule has 0 bridgehead atoms. The maximum atomic E-state index is 12.0. The molecule has 4 N–H and O–H groups in total. The van der Waals surface area contributed by atoms with Crippen LogP contribution in [0.25, 0.3) is 0 Å². The number of carbonyl (C=O) groups excluding carboxylic acids is 1. The largest absolute Gasteiger partial charge is 0.474 e. The molecule has 124 valence electrons. The van der Waals surface area contributed by atoms with E-state index in [1.54, 1.807) is 36.4 Å². The molecular formula is C17H18N4O3. The predicted octanol–water partition coefficient (Wildman–Crippen LogP) is 1.59. The minimum absolute atomic E-state index is 0.116. The Morgan fingerprint density at radius 2 is 1.75 bits per heavy atom. The summed E-state index contributed by atoms with van der Waals surface area (Å²) in [6.07, 6.45) is 0.663. The number of hydrogen-bond acceptors (Lipinski definition) is 5. The van der Waals surface area contributed by atoms with E-state index >= 15 is 0 Å². The fourth-order valence-corrected chi connectivity index (χ4v) is 1.92. The van der Waals surface area contributed by atoms with Crippen molar-refractivity contribution in [3.05, 3.63) is 65.7 Å². The lowest BCUT2D eigenvalue weighted by molar-refractivity contribution is -0.149. The number of hydrogen-bond donors (Lipinski definition) is 2. The Kier molecular flexibility index (Phi) is 5.90. The van der Waals surface area contributed by atoms with Crippen molar-refractivity contribution in [1.82, 2.24) is 0 Å². The molecule has 0 spiro atoms. The molecule has 7 nitrogen and oxygen atoms in total. The first-order valence-corrected chi connectivity index (χ1v) is 7.11. The molecule has 0 aromatic heterocycles. The highest BCUT2D eigenvalue weighted by Crippen LogP contribution is 2.23. The van der Waals surface area contributed by atoms with Crippen molar-refractivity contribution in [2.75, 3.05) is 7.11 Å². The van der Waals surface area contributed by atoms with E-state index in [1.807, 2.05) is 18.2 Å². The molecule has 0 saturated carbocycles. The summed E-state index contributed by atoms with van der Waals surface area (Å²) in [5, 5.41) is 7.23. The van der Waals surface area contributed by atoms with Crippen LogP contribution in [0.4, 0.5) is 0 Å². The third-order valence-electron chi connectivity index (χ3n) is 3.03. The zero-order chi connectivity index (χ0) is 17.4. The summed E-state index contributed by atoms with van der Waals surface area (Å²) in [6.45, 7) is 0. The van der Waals surface area contributed by atoms with Gasteiger partial charge < -0.3 is 20.9 Å². The van der Waals surface area contributed by atoms with Gasteiger partial charge in [-0.15, -0.1) is 5.10 Å². The van der Waals surface area contributed by atoms with Crippen LogP contribution in [0.2, 0.25) is 0 Å². The van der Waals surface area contributed by atoms with E-state index in [4.69, 9.17) is 20.9 Å². The minimum atomic E-state index is -0.836. The monoisotopic (exact) mass is 326 g/mol. The van der Waals surface area contributed by atoms with Crippen LogP contribution in [-0.4, -0.2) is 25.3 Å². The number of rotatable bonds is 6. The third kappa shape index (κ3) is 4.84. The van der Waals surface area contributed by atoms with Gasteiger partial charge in [0, 0.05) is 5.56 Å². The van der Waals surface area contributed by atoms with Crippen molar-refractivity contribution in [3.8, 4) is 5.75 Å². The molecule has 0 heterocycles. The molecule has 2 aromatic carbocycles. The average Bonchev–Trinajstić information content (AvgIpc) is 2.60. The van der Waals surface area contributed by atoms with Gasteiger partial charge in [0.25, 0.3) is 0 Å². The first kappa shape index (κ1) is 17.0. The van der Waals surface area contributed by atoms with Gasteiger partial charge in [0.1, 0.15) is 5.75 Å². The van der Waals surface area contributed by atoms with Crippen LogP contribution < -0.4 is 16.2 Å². The molecule has 0 aliphatic rings. The van der Waals surface area contributed by atoms with Gasteiger partial charge in [-0.2, -0.15) is 5.10 Å². The van der Waals surface area contributed by atoms with Crippen LogP contribution in [0.1, 0.15) is 17.2 Å². The summed E-state index contributed by atoms with van der Waals surface area (Å²) in [6, 6.07) is 16.1. The van der Waals surface area contributed by atoms with E-state index in [-0.39, 0.29) is 5.96 Å². The Hall–Kier alpha value is -3.35. The number of benzene rings is 2. The summed E-state index contributed by atoms with van der Waals surface area (Å²) in [5.74, 6) is -0.0668. The fourth-order valence-electron chi connectivity index (χ4n) is 1.92. The number of methoxy groups -OCH3 is 1. The third-order valence-corrected chi connectivity index (χ3v) is 3.03. The smallest absolute Gasteiger partial charge is 0.351 e. The normalized spacial score (nSPS) is 11.7. The Balaban J connectivity index is 2.14. The van der Waals surface area contributed by atoms with Gasteiger partial charge in [0.15, 0.2) is 0 Å². The summed E-state index contributed by atoms with van der Waals surface area (Å²) >= 11 is 0. The summed E-state index contributed by atoms with van der Waals surface area (Å²) < 4.78 is 10.6. The summed E-state index contributed by atoms with van der Waals surface area (Å²) in [4.78, 5) is 12.0. The molecule has 0 radical (unpaired) electrons. The highest BCUT2D eigenvalue weighted by Gasteiger charge is 2.23. The lowest BCUT2D eigenvalue weighted by Crippen LogP contribution is -2.21. The maximum absolute atomic E-state index is 12.0. The molecule has 1 atom stereocenters. The standard InChI is InChI=1S/C17H18N4O3/c1-23-16(22)15(13-5-3-2-4-6-13)24-14-9-7-12(8-10-14)11-20-21-17(18)19/h2-11,15H,1H3,(H4,18,19,21). The Morgan fingerprint density at radius 3 is 2.33 bits per heavy atom. The first-order valence-electron chi connectivity index (χ1n) is 7.11. The molecule has 0 fully saturated rings. The predicted molar refractivity (Wildman–Crippen MR) is 91.7 cm³/mol. The molecule has 2 rings (SSSR count). The average molecular weight is 326 g/mol. The van der Waals surface area contributed by atoms with Crippen LogP contribution in [-0.2, 0) is 9.53 Å². The van der Waals surface area contributed by atoms with Gasteiger partial charge in [-0.25, -0.2) is 4.79 Å². The highest BCUT2D eigenvalue weighted by atomic mass is 16.6. The van der Waals surface area contributed by atoms with Crippen molar-refractivity contribution >= 4 is 18.1 Å². The molecule has 0 aliphatic carbocycles. The maximum Gasteiger partial charge on any atom is 0.351 e.